The first-order valence-corrected chi connectivity index (χ1v) is 7.77. The van der Waals surface area contributed by atoms with Crippen LogP contribution in [0.2, 0.25) is 5.02 Å². The number of ether oxygens (including phenoxy) is 1. The summed E-state index contributed by atoms with van der Waals surface area (Å²) in [6.07, 6.45) is 0. The van der Waals surface area contributed by atoms with Crippen molar-refractivity contribution in [1.29, 1.82) is 0 Å². The Labute approximate surface area is 145 Å². The number of anilines is 1. The summed E-state index contributed by atoms with van der Waals surface area (Å²) in [6.45, 7) is 2.29. The minimum absolute atomic E-state index is 0.153. The van der Waals surface area contributed by atoms with E-state index in [0.717, 1.165) is 0 Å². The maximum Gasteiger partial charge on any atom is 0.257 e. The molecule has 0 bridgehead atoms. The Bertz CT molecular complexity index is 704. The van der Waals surface area contributed by atoms with Gasteiger partial charge in [-0.15, -0.1) is 0 Å². The predicted octanol–water partition coefficient (Wildman–Crippen LogP) is 2.61. The van der Waals surface area contributed by atoms with Gasteiger partial charge in [-0.1, -0.05) is 17.7 Å². The van der Waals surface area contributed by atoms with Gasteiger partial charge in [-0.05, 0) is 49.4 Å². The molecule has 0 fully saturated rings. The summed E-state index contributed by atoms with van der Waals surface area (Å²) < 4.78 is 5.31. The fourth-order valence-corrected chi connectivity index (χ4v) is 2.07. The molecular weight excluding hydrogens is 330 g/mol. The molecular formula is C17H18ClN3O3. The lowest BCUT2D eigenvalue weighted by Crippen LogP contribution is -2.39. The number of amides is 2. The average molecular weight is 348 g/mol. The van der Waals surface area contributed by atoms with Gasteiger partial charge in [0.1, 0.15) is 5.75 Å². The van der Waals surface area contributed by atoms with Crippen LogP contribution in [0.1, 0.15) is 17.3 Å². The minimum atomic E-state index is -0.380. The molecule has 2 aromatic carbocycles. The maximum atomic E-state index is 12.0. The number of hydrazine groups is 1. The molecule has 0 unspecified atom stereocenters. The molecule has 2 rings (SSSR count). The lowest BCUT2D eigenvalue weighted by molar-refractivity contribution is -0.119. The highest BCUT2D eigenvalue weighted by molar-refractivity contribution is 6.30. The van der Waals surface area contributed by atoms with E-state index in [1.54, 1.807) is 48.5 Å². The van der Waals surface area contributed by atoms with E-state index < -0.39 is 0 Å². The van der Waals surface area contributed by atoms with Crippen LogP contribution in [0, 0.1) is 0 Å². The Morgan fingerprint density at radius 1 is 1.12 bits per heavy atom. The van der Waals surface area contributed by atoms with Gasteiger partial charge in [0.05, 0.1) is 18.8 Å². The maximum absolute atomic E-state index is 12.0. The van der Waals surface area contributed by atoms with Crippen molar-refractivity contribution in [1.82, 2.24) is 10.7 Å². The highest BCUT2D eigenvalue weighted by Gasteiger charge is 2.08. The number of hydrogen-bond acceptors (Lipinski definition) is 4. The predicted molar refractivity (Wildman–Crippen MR) is 93.2 cm³/mol. The second-order valence-electron chi connectivity index (χ2n) is 4.82. The molecule has 2 amide bonds. The van der Waals surface area contributed by atoms with Crippen LogP contribution >= 0.6 is 11.6 Å². The topological polar surface area (TPSA) is 79.5 Å². The Morgan fingerprint density at radius 2 is 1.88 bits per heavy atom. The quantitative estimate of drug-likeness (QED) is 0.673. The van der Waals surface area contributed by atoms with Crippen molar-refractivity contribution in [3.63, 3.8) is 0 Å². The van der Waals surface area contributed by atoms with E-state index in [4.69, 9.17) is 16.3 Å². The minimum Gasteiger partial charge on any atom is -0.494 e. The normalized spacial score (nSPS) is 9.92. The summed E-state index contributed by atoms with van der Waals surface area (Å²) in [5, 5.41) is 3.09. The van der Waals surface area contributed by atoms with Crippen LogP contribution in [0.15, 0.2) is 48.5 Å². The lowest BCUT2D eigenvalue weighted by Gasteiger charge is -2.10. The van der Waals surface area contributed by atoms with Crippen LogP contribution in [-0.4, -0.2) is 25.0 Å². The number of carbonyl (C=O) groups excluding carboxylic acids is 2. The highest BCUT2D eigenvalue weighted by atomic mass is 35.5. The van der Waals surface area contributed by atoms with Crippen molar-refractivity contribution >= 4 is 29.1 Å². The van der Waals surface area contributed by atoms with Gasteiger partial charge < -0.3 is 10.1 Å². The van der Waals surface area contributed by atoms with Gasteiger partial charge in [0.15, 0.2) is 0 Å². The van der Waals surface area contributed by atoms with Crippen LogP contribution in [0.3, 0.4) is 0 Å². The summed E-state index contributed by atoms with van der Waals surface area (Å²) in [5.41, 5.74) is 6.29. The smallest absolute Gasteiger partial charge is 0.257 e. The van der Waals surface area contributed by atoms with Crippen LogP contribution in [0.25, 0.3) is 0 Å². The number of benzene rings is 2. The van der Waals surface area contributed by atoms with Crippen LogP contribution < -0.4 is 20.9 Å². The molecule has 24 heavy (non-hydrogen) atoms. The van der Waals surface area contributed by atoms with Crippen molar-refractivity contribution < 1.29 is 14.3 Å². The number of carbonyl (C=O) groups is 2. The third-order valence-corrected chi connectivity index (χ3v) is 3.24. The van der Waals surface area contributed by atoms with E-state index in [1.807, 2.05) is 6.92 Å². The van der Waals surface area contributed by atoms with Crippen molar-refractivity contribution in [2.24, 2.45) is 0 Å². The largest absolute Gasteiger partial charge is 0.494 e. The number of hydrogen-bond donors (Lipinski definition) is 3. The van der Waals surface area contributed by atoms with Crippen molar-refractivity contribution in [2.45, 2.75) is 6.92 Å². The molecule has 3 N–H and O–H groups in total. The molecule has 0 radical (unpaired) electrons. The van der Waals surface area contributed by atoms with Crippen LogP contribution in [-0.2, 0) is 4.79 Å². The zero-order valence-electron chi connectivity index (χ0n) is 13.1. The third-order valence-electron chi connectivity index (χ3n) is 3.01. The highest BCUT2D eigenvalue weighted by Crippen LogP contribution is 2.14. The lowest BCUT2D eigenvalue weighted by atomic mass is 10.2. The van der Waals surface area contributed by atoms with E-state index >= 15 is 0 Å². The Kier molecular flexibility index (Phi) is 6.45. The summed E-state index contributed by atoms with van der Waals surface area (Å²) in [6, 6.07) is 13.6. The van der Waals surface area contributed by atoms with E-state index in [0.29, 0.717) is 28.6 Å². The number of halogens is 1. The van der Waals surface area contributed by atoms with Gasteiger partial charge in [0.25, 0.3) is 11.8 Å². The second kappa shape index (κ2) is 8.79. The monoisotopic (exact) mass is 347 g/mol. The van der Waals surface area contributed by atoms with Crippen LogP contribution in [0.4, 0.5) is 5.69 Å². The number of nitrogens with one attached hydrogen (secondary N) is 3. The van der Waals surface area contributed by atoms with E-state index in [-0.39, 0.29) is 18.4 Å². The van der Waals surface area contributed by atoms with Gasteiger partial charge >= 0.3 is 0 Å². The molecule has 0 heterocycles. The molecule has 0 spiro atoms. The average Bonchev–Trinajstić information content (AvgIpc) is 2.59. The summed E-state index contributed by atoms with van der Waals surface area (Å²) in [7, 11) is 0. The second-order valence-corrected chi connectivity index (χ2v) is 5.26. The molecule has 126 valence electrons. The molecule has 2 aromatic rings. The van der Waals surface area contributed by atoms with Gasteiger partial charge in [-0.3, -0.25) is 20.4 Å². The number of rotatable bonds is 7. The molecule has 0 aromatic heterocycles. The molecule has 0 aliphatic carbocycles. The summed E-state index contributed by atoms with van der Waals surface area (Å²) in [5.74, 6) is -0.0252. The fourth-order valence-electron chi connectivity index (χ4n) is 1.88. The van der Waals surface area contributed by atoms with Crippen molar-refractivity contribution in [3.8, 4) is 5.75 Å². The van der Waals surface area contributed by atoms with Gasteiger partial charge in [0, 0.05) is 10.6 Å². The molecule has 0 saturated heterocycles. The standard InChI is InChI=1S/C17H18ClN3O3/c1-2-24-15-8-6-12(7-9-15)17(23)19-11-16(22)21-20-14-5-3-4-13(18)10-14/h3-10,20H,2,11H2,1H3,(H,19,23)(H,21,22). The molecule has 6 nitrogen and oxygen atoms in total. The van der Waals surface area contributed by atoms with Gasteiger partial charge in [-0.25, -0.2) is 0 Å². The molecule has 7 heteroatoms. The first-order chi connectivity index (χ1) is 11.6. The third kappa shape index (κ3) is 5.48. The van der Waals surface area contributed by atoms with Gasteiger partial charge in [0.2, 0.25) is 0 Å². The van der Waals surface area contributed by atoms with E-state index in [2.05, 4.69) is 16.2 Å². The molecule has 0 saturated carbocycles. The summed E-state index contributed by atoms with van der Waals surface area (Å²) in [4.78, 5) is 23.7. The zero-order valence-corrected chi connectivity index (χ0v) is 13.9. The molecule has 0 atom stereocenters. The van der Waals surface area contributed by atoms with E-state index in [9.17, 15) is 9.59 Å². The molecule has 0 aliphatic heterocycles. The first-order valence-electron chi connectivity index (χ1n) is 7.40. The van der Waals surface area contributed by atoms with Gasteiger partial charge in [-0.2, -0.15) is 0 Å². The Morgan fingerprint density at radius 3 is 2.54 bits per heavy atom. The SMILES string of the molecule is CCOc1ccc(C(=O)NCC(=O)NNc2cccc(Cl)c2)cc1. The van der Waals surface area contributed by atoms with Crippen LogP contribution in [0.5, 0.6) is 5.75 Å². The zero-order chi connectivity index (χ0) is 17.4. The Balaban J connectivity index is 1.77. The van der Waals surface area contributed by atoms with Crippen molar-refractivity contribution in [2.75, 3.05) is 18.6 Å². The first kappa shape index (κ1) is 17.6. The fraction of sp³-hybridized carbons (Fsp3) is 0.176. The van der Waals surface area contributed by atoms with Crippen molar-refractivity contribution in [3.05, 3.63) is 59.1 Å². The molecule has 0 aliphatic rings. The Hall–Kier alpha value is -2.73. The summed E-state index contributed by atoms with van der Waals surface area (Å²) >= 11 is 5.84. The van der Waals surface area contributed by atoms with E-state index in [1.165, 1.54) is 0 Å².